The molecule has 0 saturated carbocycles. The molecule has 0 amide bonds. The van der Waals surface area contributed by atoms with E-state index in [9.17, 15) is 35.1 Å². The van der Waals surface area contributed by atoms with E-state index in [4.69, 9.17) is 0 Å². The molecule has 0 fully saturated rings. The Balaban J connectivity index is 4.03. The van der Waals surface area contributed by atoms with Gasteiger partial charge in [-0.25, -0.2) is 8.78 Å². The summed E-state index contributed by atoms with van der Waals surface area (Å²) in [6.45, 7) is -2.27. The van der Waals surface area contributed by atoms with Crippen LogP contribution in [-0.2, 0) is 4.74 Å². The Morgan fingerprint density at radius 1 is 0.929 bits per heavy atom. The molecule has 0 heterocycles. The molecule has 2 unspecified atom stereocenters. The fourth-order valence-electron chi connectivity index (χ4n) is 0.407. The third-order valence-electron chi connectivity index (χ3n) is 0.949. The normalized spacial score (nSPS) is 18.0. The third kappa shape index (κ3) is 5.20. The van der Waals surface area contributed by atoms with E-state index in [-0.39, 0.29) is 0 Å². The summed E-state index contributed by atoms with van der Waals surface area (Å²) in [5, 5.41) is 0. The summed E-state index contributed by atoms with van der Waals surface area (Å²) in [4.78, 5) is 0. The first-order valence-corrected chi connectivity index (χ1v) is 3.07. The average Bonchev–Trinajstić information content (AvgIpc) is 1.95. The maximum atomic E-state index is 12.0. The van der Waals surface area contributed by atoms with Crippen molar-refractivity contribution in [3.05, 3.63) is 0 Å². The Kier molecular flexibility index (Phi) is 4.10. The van der Waals surface area contributed by atoms with Crippen molar-refractivity contribution in [2.24, 2.45) is 0 Å². The molecule has 14 heavy (non-hydrogen) atoms. The smallest absolute Gasteiger partial charge is 0.336 e. The predicted molar refractivity (Wildman–Crippen MR) is 27.9 cm³/mol. The molecular weight excluding hydrogens is 228 g/mol. The molecule has 9 heteroatoms. The third-order valence-corrected chi connectivity index (χ3v) is 0.949. The number of hydrogen-bond donors (Lipinski definition) is 0. The lowest BCUT2D eigenvalue weighted by Crippen LogP contribution is -2.37. The molecule has 0 saturated heterocycles. The van der Waals surface area contributed by atoms with E-state index in [1.165, 1.54) is 0 Å². The highest BCUT2D eigenvalue weighted by Gasteiger charge is 2.47. The van der Waals surface area contributed by atoms with Crippen LogP contribution in [-0.4, -0.2) is 31.5 Å². The van der Waals surface area contributed by atoms with E-state index in [2.05, 4.69) is 4.74 Å². The van der Waals surface area contributed by atoms with Crippen LogP contribution in [0.25, 0.3) is 0 Å². The van der Waals surface area contributed by atoms with Crippen LogP contribution in [0.2, 0.25) is 0 Å². The molecule has 0 aromatic rings. The van der Waals surface area contributed by atoms with Crippen molar-refractivity contribution < 1.29 is 39.9 Å². The molecule has 1 nitrogen and oxygen atoms in total. The molecular formula is C5H4F8O. The number of halogens is 8. The zero-order valence-corrected chi connectivity index (χ0v) is 6.29. The van der Waals surface area contributed by atoms with Crippen molar-refractivity contribution in [3.8, 4) is 0 Å². The van der Waals surface area contributed by atoms with Crippen LogP contribution in [0.3, 0.4) is 0 Å². The van der Waals surface area contributed by atoms with Gasteiger partial charge in [0.15, 0.2) is 0 Å². The second-order valence-electron chi connectivity index (χ2n) is 2.22. The minimum atomic E-state index is -5.58. The lowest BCUT2D eigenvalue weighted by molar-refractivity contribution is -0.261. The lowest BCUT2D eigenvalue weighted by Gasteiger charge is -2.17. The van der Waals surface area contributed by atoms with Gasteiger partial charge in [-0.1, -0.05) is 0 Å². The molecule has 0 aromatic heterocycles. The largest absolute Gasteiger partial charge is 0.425 e. The highest BCUT2D eigenvalue weighted by molar-refractivity contribution is 4.69. The van der Waals surface area contributed by atoms with Crippen molar-refractivity contribution in [2.45, 2.75) is 24.9 Å². The molecule has 0 N–H and O–H groups in total. The number of ether oxygens (including phenoxy) is 1. The molecule has 0 rings (SSSR count). The Morgan fingerprint density at radius 3 is 1.64 bits per heavy atom. The quantitative estimate of drug-likeness (QED) is 0.680. The van der Waals surface area contributed by atoms with Gasteiger partial charge in [0.25, 0.3) is 6.17 Å². The Bertz CT molecular complexity index is 172. The standard InChI is InChI=1S/C5H4F8O/c6-2(5(11,12)13)3(7)14-1-4(8,9)10/h2-3H,1H2. The van der Waals surface area contributed by atoms with Crippen LogP contribution in [0.1, 0.15) is 0 Å². The molecule has 0 aromatic carbocycles. The lowest BCUT2D eigenvalue weighted by atomic mass is 10.4. The Morgan fingerprint density at radius 2 is 1.36 bits per heavy atom. The molecule has 2 atom stereocenters. The molecule has 0 bridgehead atoms. The molecule has 0 radical (unpaired) electrons. The van der Waals surface area contributed by atoms with E-state index in [0.29, 0.717) is 0 Å². The Labute approximate surface area is 72.6 Å². The first-order valence-electron chi connectivity index (χ1n) is 3.07. The van der Waals surface area contributed by atoms with Crippen molar-refractivity contribution in [3.63, 3.8) is 0 Å². The first-order chi connectivity index (χ1) is 6.04. The second-order valence-corrected chi connectivity index (χ2v) is 2.22. The fourth-order valence-corrected chi connectivity index (χ4v) is 0.407. The topological polar surface area (TPSA) is 9.23 Å². The van der Waals surface area contributed by atoms with E-state index < -0.39 is 31.5 Å². The van der Waals surface area contributed by atoms with E-state index in [1.54, 1.807) is 0 Å². The molecule has 86 valence electrons. The first kappa shape index (κ1) is 13.4. The van der Waals surface area contributed by atoms with Crippen LogP contribution in [0.5, 0.6) is 0 Å². The summed E-state index contributed by atoms with van der Waals surface area (Å²) >= 11 is 0. The summed E-state index contributed by atoms with van der Waals surface area (Å²) in [5.41, 5.74) is 0. The molecule has 0 spiro atoms. The SMILES string of the molecule is FC(OCC(F)(F)F)C(F)C(F)(F)F. The van der Waals surface area contributed by atoms with Crippen LogP contribution in [0.15, 0.2) is 0 Å². The Hall–Kier alpha value is -0.600. The summed E-state index contributed by atoms with van der Waals surface area (Å²) < 4.78 is 94.8. The maximum absolute atomic E-state index is 12.0. The zero-order chi connectivity index (χ0) is 11.6. The zero-order valence-electron chi connectivity index (χ0n) is 6.29. The van der Waals surface area contributed by atoms with Gasteiger partial charge in [-0.3, -0.25) is 0 Å². The van der Waals surface area contributed by atoms with Crippen LogP contribution < -0.4 is 0 Å². The summed E-state index contributed by atoms with van der Waals surface area (Å²) in [7, 11) is 0. The predicted octanol–water partition coefficient (Wildman–Crippen LogP) is 2.76. The van der Waals surface area contributed by atoms with Gasteiger partial charge in [0.1, 0.15) is 6.61 Å². The van der Waals surface area contributed by atoms with Crippen LogP contribution in [0, 0.1) is 0 Å². The molecule has 0 aliphatic heterocycles. The summed E-state index contributed by atoms with van der Waals surface area (Å²) in [6.07, 6.45) is -18.3. The van der Waals surface area contributed by atoms with E-state index in [0.717, 1.165) is 0 Å². The van der Waals surface area contributed by atoms with Gasteiger partial charge in [0, 0.05) is 0 Å². The van der Waals surface area contributed by atoms with E-state index in [1.807, 2.05) is 0 Å². The van der Waals surface area contributed by atoms with Crippen LogP contribution in [0.4, 0.5) is 35.1 Å². The second kappa shape index (κ2) is 4.28. The van der Waals surface area contributed by atoms with Gasteiger partial charge in [0.2, 0.25) is 6.36 Å². The number of rotatable bonds is 3. The number of hydrogen-bond acceptors (Lipinski definition) is 1. The van der Waals surface area contributed by atoms with Gasteiger partial charge in [-0.05, 0) is 0 Å². The fraction of sp³-hybridized carbons (Fsp3) is 1.00. The maximum Gasteiger partial charge on any atom is 0.425 e. The average molecular weight is 232 g/mol. The van der Waals surface area contributed by atoms with Gasteiger partial charge in [-0.15, -0.1) is 0 Å². The van der Waals surface area contributed by atoms with Crippen molar-refractivity contribution in [2.75, 3.05) is 6.61 Å². The minimum Gasteiger partial charge on any atom is -0.336 e. The van der Waals surface area contributed by atoms with Crippen LogP contribution >= 0.6 is 0 Å². The highest BCUT2D eigenvalue weighted by Crippen LogP contribution is 2.28. The van der Waals surface area contributed by atoms with Gasteiger partial charge in [0.05, 0.1) is 0 Å². The number of alkyl halides is 8. The van der Waals surface area contributed by atoms with Crippen molar-refractivity contribution in [1.82, 2.24) is 0 Å². The molecule has 0 aliphatic carbocycles. The highest BCUT2D eigenvalue weighted by atomic mass is 19.4. The van der Waals surface area contributed by atoms with E-state index >= 15 is 0 Å². The van der Waals surface area contributed by atoms with Gasteiger partial charge in [-0.2, -0.15) is 26.3 Å². The summed E-state index contributed by atoms with van der Waals surface area (Å²) in [5.74, 6) is 0. The van der Waals surface area contributed by atoms with Gasteiger partial charge < -0.3 is 4.74 Å². The van der Waals surface area contributed by atoms with Gasteiger partial charge >= 0.3 is 12.4 Å². The molecule has 0 aliphatic rings. The van der Waals surface area contributed by atoms with Crippen molar-refractivity contribution >= 4 is 0 Å². The monoisotopic (exact) mass is 232 g/mol. The minimum absolute atomic E-state index is 2.27. The van der Waals surface area contributed by atoms with Crippen molar-refractivity contribution in [1.29, 1.82) is 0 Å². The summed E-state index contributed by atoms with van der Waals surface area (Å²) in [6, 6.07) is 0.